The summed E-state index contributed by atoms with van der Waals surface area (Å²) in [5.41, 5.74) is 1.68. The first kappa shape index (κ1) is 19.9. The summed E-state index contributed by atoms with van der Waals surface area (Å²) in [6, 6.07) is 9.91. The van der Waals surface area contributed by atoms with Gasteiger partial charge in [0.25, 0.3) is 0 Å². The fourth-order valence-electron chi connectivity index (χ4n) is 2.56. The molecule has 0 fully saturated rings. The van der Waals surface area contributed by atoms with Crippen molar-refractivity contribution in [2.75, 3.05) is 24.9 Å². The highest BCUT2D eigenvalue weighted by molar-refractivity contribution is 7.80. The number of rotatable bonds is 6. The molecule has 0 spiro atoms. The monoisotopic (exact) mass is 420 g/mol. The molecule has 2 N–H and O–H groups in total. The average Bonchev–Trinajstić information content (AvgIpc) is 3.11. The SMILES string of the molecule is COc1ccc(OC)c(NC(=S)Nc2cnn(Cc3c(F)cccc3Cl)c2)c1. The lowest BCUT2D eigenvalue weighted by atomic mass is 10.2. The number of benzene rings is 2. The summed E-state index contributed by atoms with van der Waals surface area (Å²) >= 11 is 11.4. The molecule has 1 aromatic heterocycles. The molecule has 3 aromatic rings. The van der Waals surface area contributed by atoms with Crippen LogP contribution in [0.4, 0.5) is 15.8 Å². The number of thiocarbonyl (C=S) groups is 1. The summed E-state index contributed by atoms with van der Waals surface area (Å²) in [5.74, 6) is 0.912. The molecule has 0 atom stereocenters. The van der Waals surface area contributed by atoms with E-state index in [2.05, 4.69) is 15.7 Å². The Labute approximate surface area is 172 Å². The zero-order valence-corrected chi connectivity index (χ0v) is 16.8. The Morgan fingerprint density at radius 3 is 2.75 bits per heavy atom. The summed E-state index contributed by atoms with van der Waals surface area (Å²) in [6.45, 7) is 0.205. The molecule has 2 aromatic carbocycles. The molecule has 0 amide bonds. The summed E-state index contributed by atoms with van der Waals surface area (Å²) in [7, 11) is 3.15. The predicted molar refractivity (Wildman–Crippen MR) is 112 cm³/mol. The second-order valence-electron chi connectivity index (χ2n) is 5.77. The Kier molecular flexibility index (Phi) is 6.33. The number of hydrogen-bond donors (Lipinski definition) is 2. The van der Waals surface area contributed by atoms with E-state index < -0.39 is 0 Å². The van der Waals surface area contributed by atoms with Crippen LogP contribution in [-0.2, 0) is 6.54 Å². The maximum absolute atomic E-state index is 13.9. The lowest BCUT2D eigenvalue weighted by Crippen LogP contribution is -2.19. The van der Waals surface area contributed by atoms with Crippen LogP contribution in [0.1, 0.15) is 5.56 Å². The third kappa shape index (κ3) is 4.71. The highest BCUT2D eigenvalue weighted by Crippen LogP contribution is 2.29. The summed E-state index contributed by atoms with van der Waals surface area (Å²) in [6.07, 6.45) is 3.30. The number of aromatic nitrogens is 2. The zero-order chi connectivity index (χ0) is 20.1. The number of hydrogen-bond acceptors (Lipinski definition) is 4. The van der Waals surface area contributed by atoms with Crippen molar-refractivity contribution in [3.63, 3.8) is 0 Å². The van der Waals surface area contributed by atoms with E-state index in [9.17, 15) is 4.39 Å². The Morgan fingerprint density at radius 1 is 1.21 bits per heavy atom. The molecular weight excluding hydrogens is 403 g/mol. The van der Waals surface area contributed by atoms with Crippen LogP contribution in [0.5, 0.6) is 11.5 Å². The van der Waals surface area contributed by atoms with E-state index in [1.165, 1.54) is 6.07 Å². The van der Waals surface area contributed by atoms with Crippen molar-refractivity contribution in [1.29, 1.82) is 0 Å². The Bertz CT molecular complexity index is 976. The van der Waals surface area contributed by atoms with E-state index in [1.807, 2.05) is 0 Å². The van der Waals surface area contributed by atoms with E-state index in [1.54, 1.807) is 61.6 Å². The summed E-state index contributed by atoms with van der Waals surface area (Å²) < 4.78 is 26.0. The zero-order valence-electron chi connectivity index (χ0n) is 15.2. The normalized spacial score (nSPS) is 10.4. The third-order valence-electron chi connectivity index (χ3n) is 3.93. The topological polar surface area (TPSA) is 60.3 Å². The van der Waals surface area contributed by atoms with Crippen LogP contribution < -0.4 is 20.1 Å². The van der Waals surface area contributed by atoms with Gasteiger partial charge >= 0.3 is 0 Å². The van der Waals surface area contributed by atoms with Crippen molar-refractivity contribution in [2.24, 2.45) is 0 Å². The molecule has 0 saturated carbocycles. The summed E-state index contributed by atoms with van der Waals surface area (Å²) in [4.78, 5) is 0. The van der Waals surface area contributed by atoms with Crippen LogP contribution in [-0.4, -0.2) is 29.1 Å². The van der Waals surface area contributed by atoms with Crippen molar-refractivity contribution >= 4 is 40.3 Å². The van der Waals surface area contributed by atoms with E-state index in [0.717, 1.165) is 0 Å². The molecular formula is C19H18ClFN4O2S. The van der Waals surface area contributed by atoms with Gasteiger partial charge in [0.1, 0.15) is 17.3 Å². The number of ether oxygens (including phenoxy) is 2. The molecule has 0 saturated heterocycles. The van der Waals surface area contributed by atoms with Crippen molar-refractivity contribution in [1.82, 2.24) is 9.78 Å². The second kappa shape index (κ2) is 8.90. The molecule has 146 valence electrons. The van der Waals surface area contributed by atoms with Gasteiger partial charge in [-0.2, -0.15) is 5.10 Å². The molecule has 0 aliphatic carbocycles. The van der Waals surface area contributed by atoms with Gasteiger partial charge in [0, 0.05) is 22.8 Å². The van der Waals surface area contributed by atoms with Gasteiger partial charge in [-0.3, -0.25) is 4.68 Å². The van der Waals surface area contributed by atoms with E-state index in [4.69, 9.17) is 33.3 Å². The Hall–Kier alpha value is -2.84. The van der Waals surface area contributed by atoms with Crippen LogP contribution in [0.3, 0.4) is 0 Å². The largest absolute Gasteiger partial charge is 0.497 e. The maximum atomic E-state index is 13.9. The van der Waals surface area contributed by atoms with E-state index in [0.29, 0.717) is 38.6 Å². The number of anilines is 2. The predicted octanol–water partition coefficient (Wildman–Crippen LogP) is 4.55. The van der Waals surface area contributed by atoms with Crippen LogP contribution in [0, 0.1) is 5.82 Å². The van der Waals surface area contributed by atoms with Crippen molar-refractivity contribution in [2.45, 2.75) is 6.54 Å². The van der Waals surface area contributed by atoms with E-state index in [-0.39, 0.29) is 12.4 Å². The first-order valence-electron chi connectivity index (χ1n) is 8.25. The molecule has 0 unspecified atom stereocenters. The minimum atomic E-state index is -0.375. The maximum Gasteiger partial charge on any atom is 0.175 e. The van der Waals surface area contributed by atoms with Gasteiger partial charge in [0.2, 0.25) is 0 Å². The number of halogens is 2. The van der Waals surface area contributed by atoms with Gasteiger partial charge < -0.3 is 20.1 Å². The fourth-order valence-corrected chi connectivity index (χ4v) is 3.01. The first-order valence-corrected chi connectivity index (χ1v) is 9.04. The lowest BCUT2D eigenvalue weighted by molar-refractivity contribution is 0.405. The Balaban J connectivity index is 1.68. The number of nitrogens with one attached hydrogen (secondary N) is 2. The molecule has 0 bridgehead atoms. The van der Waals surface area contributed by atoms with Gasteiger partial charge in [-0.15, -0.1) is 0 Å². The molecule has 0 radical (unpaired) electrons. The summed E-state index contributed by atoms with van der Waals surface area (Å²) in [5, 5.41) is 11.0. The number of methoxy groups -OCH3 is 2. The van der Waals surface area contributed by atoms with Crippen LogP contribution in [0.2, 0.25) is 5.02 Å². The minimum Gasteiger partial charge on any atom is -0.497 e. The highest BCUT2D eigenvalue weighted by Gasteiger charge is 2.10. The Morgan fingerprint density at radius 2 is 2.04 bits per heavy atom. The van der Waals surface area contributed by atoms with Crippen molar-refractivity contribution in [3.8, 4) is 11.5 Å². The molecule has 6 nitrogen and oxygen atoms in total. The second-order valence-corrected chi connectivity index (χ2v) is 6.59. The van der Waals surface area contributed by atoms with Crippen molar-refractivity contribution < 1.29 is 13.9 Å². The average molecular weight is 421 g/mol. The molecule has 0 aliphatic heterocycles. The van der Waals surface area contributed by atoms with Gasteiger partial charge in [-0.25, -0.2) is 4.39 Å². The van der Waals surface area contributed by atoms with Crippen LogP contribution in [0.15, 0.2) is 48.8 Å². The minimum absolute atomic E-state index is 0.205. The molecule has 9 heteroatoms. The van der Waals surface area contributed by atoms with Crippen LogP contribution >= 0.6 is 23.8 Å². The standard InChI is InChI=1S/C19H18ClFN4O2S/c1-26-13-6-7-18(27-2)17(8-13)24-19(28)23-12-9-22-25(10-12)11-14-15(20)4-3-5-16(14)21/h3-10H,11H2,1-2H3,(H2,23,24,28). The first-order chi connectivity index (χ1) is 13.5. The van der Waals surface area contributed by atoms with Gasteiger partial charge in [0.15, 0.2) is 5.11 Å². The quantitative estimate of drug-likeness (QED) is 0.570. The molecule has 3 rings (SSSR count). The molecule has 28 heavy (non-hydrogen) atoms. The number of nitrogens with zero attached hydrogens (tertiary/aromatic N) is 2. The van der Waals surface area contributed by atoms with Gasteiger partial charge in [-0.1, -0.05) is 17.7 Å². The highest BCUT2D eigenvalue weighted by atomic mass is 35.5. The molecule has 0 aliphatic rings. The lowest BCUT2D eigenvalue weighted by Gasteiger charge is -2.13. The van der Waals surface area contributed by atoms with Gasteiger partial charge in [0.05, 0.1) is 38.3 Å². The molecule has 1 heterocycles. The van der Waals surface area contributed by atoms with Crippen molar-refractivity contribution in [3.05, 3.63) is 65.2 Å². The fraction of sp³-hybridized carbons (Fsp3) is 0.158. The van der Waals surface area contributed by atoms with Crippen LogP contribution in [0.25, 0.3) is 0 Å². The third-order valence-corrected chi connectivity index (χ3v) is 4.49. The van der Waals surface area contributed by atoms with Gasteiger partial charge in [-0.05, 0) is 36.5 Å². The smallest absolute Gasteiger partial charge is 0.175 e. The van der Waals surface area contributed by atoms with E-state index >= 15 is 0 Å².